The minimum absolute atomic E-state index is 0.0908. The molecule has 1 saturated heterocycles. The second kappa shape index (κ2) is 7.80. The number of piperidine rings is 1. The maximum absolute atomic E-state index is 12.9. The molecule has 5 heteroatoms. The number of Topliss-reactive ketones (excluding diaryl/α,β-unsaturated/α-hetero) is 1. The summed E-state index contributed by atoms with van der Waals surface area (Å²) in [7, 11) is 0. The number of fused-ring (bicyclic) bond motifs is 1. The quantitative estimate of drug-likeness (QED) is 0.697. The summed E-state index contributed by atoms with van der Waals surface area (Å²) in [4.78, 5) is 15.3. The van der Waals surface area contributed by atoms with Crippen LogP contribution in [0.1, 0.15) is 28.8 Å². The van der Waals surface area contributed by atoms with E-state index in [4.69, 9.17) is 9.47 Å². The van der Waals surface area contributed by atoms with Crippen LogP contribution in [-0.2, 0) is 6.54 Å². The van der Waals surface area contributed by atoms with Crippen molar-refractivity contribution in [2.75, 3.05) is 26.3 Å². The minimum Gasteiger partial charge on any atom is -0.486 e. The molecular weight excluding hydrogens is 394 g/mol. The topological polar surface area (TPSA) is 38.8 Å². The number of carbonyl (C=O) groups is 1. The highest BCUT2D eigenvalue weighted by atomic mass is 79.9. The first-order valence-corrected chi connectivity index (χ1v) is 9.89. The largest absolute Gasteiger partial charge is 0.486 e. The molecule has 0 radical (unpaired) electrons. The van der Waals surface area contributed by atoms with E-state index in [1.807, 2.05) is 24.3 Å². The third-order valence-electron chi connectivity index (χ3n) is 5.14. The van der Waals surface area contributed by atoms with Crippen LogP contribution in [0.3, 0.4) is 0 Å². The monoisotopic (exact) mass is 415 g/mol. The van der Waals surface area contributed by atoms with Crippen molar-refractivity contribution >= 4 is 21.7 Å². The number of nitrogens with zero attached hydrogens (tertiary/aromatic N) is 1. The van der Waals surface area contributed by atoms with E-state index in [1.165, 1.54) is 5.56 Å². The minimum atomic E-state index is 0.0908. The molecule has 0 aromatic heterocycles. The predicted octanol–water partition coefficient (Wildman–Crippen LogP) is 4.32. The highest BCUT2D eigenvalue weighted by molar-refractivity contribution is 9.10. The SMILES string of the molecule is O=C(c1ccc2c(c1)OCCO2)C1CCN(Cc2ccccc2Br)CC1. The van der Waals surface area contributed by atoms with Crippen LogP contribution < -0.4 is 9.47 Å². The Morgan fingerprint density at radius 1 is 1.04 bits per heavy atom. The third kappa shape index (κ3) is 3.79. The second-order valence-electron chi connectivity index (χ2n) is 6.86. The zero-order chi connectivity index (χ0) is 17.9. The molecule has 1 fully saturated rings. The lowest BCUT2D eigenvalue weighted by Gasteiger charge is -2.31. The zero-order valence-electron chi connectivity index (χ0n) is 14.6. The van der Waals surface area contributed by atoms with Crippen LogP contribution in [-0.4, -0.2) is 37.0 Å². The van der Waals surface area contributed by atoms with E-state index in [1.54, 1.807) is 0 Å². The number of likely N-dealkylation sites (tertiary alicyclic amines) is 1. The molecule has 2 aromatic carbocycles. The summed E-state index contributed by atoms with van der Waals surface area (Å²) in [5.74, 6) is 1.74. The normalized spacial score (nSPS) is 17.9. The Bertz CT molecular complexity index is 800. The second-order valence-corrected chi connectivity index (χ2v) is 7.72. The van der Waals surface area contributed by atoms with Crippen LogP contribution in [0.5, 0.6) is 11.5 Å². The summed E-state index contributed by atoms with van der Waals surface area (Å²) in [6.45, 7) is 3.92. The van der Waals surface area contributed by atoms with E-state index in [0.717, 1.165) is 48.3 Å². The highest BCUT2D eigenvalue weighted by Gasteiger charge is 2.27. The van der Waals surface area contributed by atoms with Gasteiger partial charge in [0.1, 0.15) is 13.2 Å². The summed E-state index contributed by atoms with van der Waals surface area (Å²) in [6, 6.07) is 13.9. The summed E-state index contributed by atoms with van der Waals surface area (Å²) >= 11 is 3.62. The van der Waals surface area contributed by atoms with Gasteiger partial charge in [-0.15, -0.1) is 0 Å². The molecule has 136 valence electrons. The molecular formula is C21H22BrNO3. The lowest BCUT2D eigenvalue weighted by Crippen LogP contribution is -2.36. The molecule has 0 atom stereocenters. The molecule has 26 heavy (non-hydrogen) atoms. The van der Waals surface area contributed by atoms with Gasteiger partial charge in [0, 0.05) is 22.5 Å². The van der Waals surface area contributed by atoms with Crippen LogP contribution in [0.2, 0.25) is 0 Å². The number of ether oxygens (including phenoxy) is 2. The van der Waals surface area contributed by atoms with Crippen LogP contribution in [0, 0.1) is 5.92 Å². The highest BCUT2D eigenvalue weighted by Crippen LogP contribution is 2.32. The van der Waals surface area contributed by atoms with E-state index >= 15 is 0 Å². The van der Waals surface area contributed by atoms with Crippen molar-refractivity contribution in [2.45, 2.75) is 19.4 Å². The Hall–Kier alpha value is -1.85. The zero-order valence-corrected chi connectivity index (χ0v) is 16.2. The summed E-state index contributed by atoms with van der Waals surface area (Å²) in [6.07, 6.45) is 1.80. The first-order valence-electron chi connectivity index (χ1n) is 9.10. The predicted molar refractivity (Wildman–Crippen MR) is 104 cm³/mol. The molecule has 2 aliphatic rings. The van der Waals surface area contributed by atoms with Crippen LogP contribution >= 0.6 is 15.9 Å². The van der Waals surface area contributed by atoms with Gasteiger partial charge in [-0.1, -0.05) is 34.1 Å². The summed E-state index contributed by atoms with van der Waals surface area (Å²) in [5, 5.41) is 0. The van der Waals surface area contributed by atoms with Crippen LogP contribution in [0.15, 0.2) is 46.9 Å². The van der Waals surface area contributed by atoms with Crippen molar-refractivity contribution in [1.29, 1.82) is 0 Å². The Kier molecular flexibility index (Phi) is 5.27. The third-order valence-corrected chi connectivity index (χ3v) is 5.91. The molecule has 0 amide bonds. The first kappa shape index (κ1) is 17.6. The number of ketones is 1. The van der Waals surface area contributed by atoms with E-state index in [-0.39, 0.29) is 11.7 Å². The van der Waals surface area contributed by atoms with Gasteiger partial charge < -0.3 is 9.47 Å². The van der Waals surface area contributed by atoms with Gasteiger partial charge in [-0.3, -0.25) is 9.69 Å². The maximum Gasteiger partial charge on any atom is 0.166 e. The fourth-order valence-corrected chi connectivity index (χ4v) is 4.06. The Morgan fingerprint density at radius 3 is 2.54 bits per heavy atom. The Morgan fingerprint density at radius 2 is 1.77 bits per heavy atom. The van der Waals surface area contributed by atoms with E-state index in [0.29, 0.717) is 19.0 Å². The number of carbonyl (C=O) groups excluding carboxylic acids is 1. The smallest absolute Gasteiger partial charge is 0.166 e. The van der Waals surface area contributed by atoms with E-state index in [2.05, 4.69) is 39.0 Å². The number of hydrogen-bond acceptors (Lipinski definition) is 4. The summed E-state index contributed by atoms with van der Waals surface area (Å²) < 4.78 is 12.3. The van der Waals surface area contributed by atoms with Crippen molar-refractivity contribution in [3.8, 4) is 11.5 Å². The summed E-state index contributed by atoms with van der Waals surface area (Å²) in [5.41, 5.74) is 2.03. The van der Waals surface area contributed by atoms with Crippen molar-refractivity contribution in [1.82, 2.24) is 4.90 Å². The van der Waals surface area contributed by atoms with Crippen LogP contribution in [0.4, 0.5) is 0 Å². The van der Waals surface area contributed by atoms with Crippen molar-refractivity contribution in [2.24, 2.45) is 5.92 Å². The van der Waals surface area contributed by atoms with Gasteiger partial charge in [0.05, 0.1) is 0 Å². The van der Waals surface area contributed by atoms with Crippen LogP contribution in [0.25, 0.3) is 0 Å². The molecule has 0 aliphatic carbocycles. The molecule has 2 aromatic rings. The van der Waals surface area contributed by atoms with Gasteiger partial charge in [0.15, 0.2) is 17.3 Å². The number of halogens is 1. The molecule has 0 unspecified atom stereocenters. The number of benzene rings is 2. The Balaban J connectivity index is 1.37. The van der Waals surface area contributed by atoms with E-state index in [9.17, 15) is 4.79 Å². The van der Waals surface area contributed by atoms with Gasteiger partial charge in [-0.05, 0) is 55.8 Å². The lowest BCUT2D eigenvalue weighted by molar-refractivity contribution is 0.0833. The molecule has 4 rings (SSSR count). The van der Waals surface area contributed by atoms with Crippen molar-refractivity contribution in [3.63, 3.8) is 0 Å². The first-order chi connectivity index (χ1) is 12.7. The maximum atomic E-state index is 12.9. The molecule has 0 N–H and O–H groups in total. The van der Waals surface area contributed by atoms with Gasteiger partial charge in [-0.25, -0.2) is 0 Å². The van der Waals surface area contributed by atoms with Gasteiger partial charge in [0.25, 0.3) is 0 Å². The fourth-order valence-electron chi connectivity index (χ4n) is 3.65. The van der Waals surface area contributed by atoms with Gasteiger partial charge in [0.2, 0.25) is 0 Å². The standard InChI is InChI=1S/C21H22BrNO3/c22-18-4-2-1-3-17(18)14-23-9-7-15(8-10-23)21(24)16-5-6-19-20(13-16)26-12-11-25-19/h1-6,13,15H,7-12,14H2. The van der Waals surface area contributed by atoms with Crippen molar-refractivity contribution < 1.29 is 14.3 Å². The molecule has 2 aliphatic heterocycles. The van der Waals surface area contributed by atoms with Gasteiger partial charge >= 0.3 is 0 Å². The fraction of sp³-hybridized carbons (Fsp3) is 0.381. The molecule has 0 saturated carbocycles. The number of rotatable bonds is 4. The molecule has 2 heterocycles. The molecule has 0 spiro atoms. The van der Waals surface area contributed by atoms with Gasteiger partial charge in [-0.2, -0.15) is 0 Å². The number of hydrogen-bond donors (Lipinski definition) is 0. The molecule has 4 nitrogen and oxygen atoms in total. The Labute approximate surface area is 162 Å². The van der Waals surface area contributed by atoms with Crippen molar-refractivity contribution in [3.05, 3.63) is 58.1 Å². The average Bonchev–Trinajstić information content (AvgIpc) is 2.69. The van der Waals surface area contributed by atoms with E-state index < -0.39 is 0 Å². The average molecular weight is 416 g/mol. The molecule has 0 bridgehead atoms. The lowest BCUT2D eigenvalue weighted by atomic mass is 9.88.